The zero-order valence-electron chi connectivity index (χ0n) is 18.3. The molecule has 1 heterocycles. The van der Waals surface area contributed by atoms with E-state index in [-0.39, 0.29) is 0 Å². The molecule has 1 fully saturated rings. The maximum Gasteiger partial charge on any atom is 0.250 e. The summed E-state index contributed by atoms with van der Waals surface area (Å²) < 4.78 is 0. The van der Waals surface area contributed by atoms with E-state index in [1.54, 1.807) is 0 Å². The van der Waals surface area contributed by atoms with Gasteiger partial charge < -0.3 is 5.32 Å². The van der Waals surface area contributed by atoms with Crippen molar-refractivity contribution in [2.45, 2.75) is 47.1 Å². The Balaban J connectivity index is 1.52. The number of nitrogens with zero attached hydrogens (tertiary/aromatic N) is 1. The summed E-state index contributed by atoms with van der Waals surface area (Å²) in [5.41, 5.74) is 6.34. The summed E-state index contributed by atoms with van der Waals surface area (Å²) in [4.78, 5) is 27.1. The molecule has 4 rings (SSSR count). The molecule has 156 valence electrons. The summed E-state index contributed by atoms with van der Waals surface area (Å²) in [6.07, 6.45) is 2.54. The van der Waals surface area contributed by atoms with Crippen LogP contribution in [0.15, 0.2) is 46.0 Å². The Kier molecular flexibility index (Phi) is 5.61. The second-order valence-electron chi connectivity index (χ2n) is 8.94. The summed E-state index contributed by atoms with van der Waals surface area (Å²) >= 11 is 0. The van der Waals surface area contributed by atoms with E-state index in [2.05, 4.69) is 42.3 Å². The monoisotopic (exact) mass is 402 g/mol. The second-order valence-corrected chi connectivity index (χ2v) is 8.94. The molecule has 1 saturated heterocycles. The lowest BCUT2D eigenvalue weighted by Crippen LogP contribution is -2.35. The number of nitrogens with one attached hydrogen (secondary N) is 1. The molecule has 1 N–H and O–H groups in total. The van der Waals surface area contributed by atoms with Crippen LogP contribution in [0, 0.1) is 26.7 Å². The third-order valence-electron chi connectivity index (χ3n) is 6.53. The largest absolute Gasteiger partial charge is 0.352 e. The van der Waals surface area contributed by atoms with Gasteiger partial charge in [0.05, 0.1) is 5.56 Å². The predicted molar refractivity (Wildman–Crippen MR) is 124 cm³/mol. The van der Waals surface area contributed by atoms with Gasteiger partial charge in [0.1, 0.15) is 5.69 Å². The van der Waals surface area contributed by atoms with Crippen LogP contribution in [0.4, 0.5) is 11.4 Å². The van der Waals surface area contributed by atoms with Crippen molar-refractivity contribution < 1.29 is 0 Å². The number of hydrogen-bond acceptors (Lipinski definition) is 4. The summed E-state index contributed by atoms with van der Waals surface area (Å²) in [5, 5.41) is 3.20. The van der Waals surface area contributed by atoms with Gasteiger partial charge in [0.25, 0.3) is 5.43 Å². The lowest BCUT2D eigenvalue weighted by atomic mass is 9.91. The van der Waals surface area contributed by atoms with Gasteiger partial charge in [-0.2, -0.15) is 0 Å². The topological polar surface area (TPSA) is 49.4 Å². The molecule has 0 aromatic heterocycles. The van der Waals surface area contributed by atoms with Crippen LogP contribution in [0.3, 0.4) is 0 Å². The lowest BCUT2D eigenvalue weighted by molar-refractivity contribution is 0.185. The highest BCUT2D eigenvalue weighted by Gasteiger charge is 2.24. The van der Waals surface area contributed by atoms with Gasteiger partial charge in [0, 0.05) is 12.2 Å². The Morgan fingerprint density at radius 1 is 0.900 bits per heavy atom. The molecule has 0 radical (unpaired) electrons. The second kappa shape index (κ2) is 8.19. The lowest BCUT2D eigenvalue weighted by Gasteiger charge is -2.30. The van der Waals surface area contributed by atoms with E-state index >= 15 is 0 Å². The van der Waals surface area contributed by atoms with Crippen molar-refractivity contribution in [1.29, 1.82) is 0 Å². The quantitative estimate of drug-likeness (QED) is 0.620. The standard InChI is InChI=1S/C26H30N2O2/c1-16-9-11-28(12-10-16)15-20-5-7-21(8-6-20)27-24-23(25(29)26(24)30)22-14-18(3)17(2)13-19(22)4/h5-8,13-14,16,27H,9-12,15H2,1-4H3. The van der Waals surface area contributed by atoms with Crippen LogP contribution in [0.2, 0.25) is 0 Å². The molecule has 30 heavy (non-hydrogen) atoms. The Bertz CT molecular complexity index is 1130. The molecule has 3 aromatic carbocycles. The highest BCUT2D eigenvalue weighted by Crippen LogP contribution is 2.31. The first-order valence-corrected chi connectivity index (χ1v) is 10.8. The predicted octanol–water partition coefficient (Wildman–Crippen LogP) is 4.85. The molecule has 0 atom stereocenters. The third-order valence-corrected chi connectivity index (χ3v) is 6.53. The Morgan fingerprint density at radius 3 is 2.20 bits per heavy atom. The zero-order valence-corrected chi connectivity index (χ0v) is 18.3. The molecular weight excluding hydrogens is 372 g/mol. The number of hydrogen-bond donors (Lipinski definition) is 1. The summed E-state index contributed by atoms with van der Waals surface area (Å²) in [7, 11) is 0. The number of anilines is 2. The maximum atomic E-state index is 12.4. The Hall–Kier alpha value is -2.72. The average Bonchev–Trinajstić information content (AvgIpc) is 2.74. The van der Waals surface area contributed by atoms with Crippen molar-refractivity contribution in [2.24, 2.45) is 5.92 Å². The molecule has 1 aliphatic rings. The highest BCUT2D eigenvalue weighted by atomic mass is 16.2. The van der Waals surface area contributed by atoms with E-state index in [4.69, 9.17) is 0 Å². The molecule has 1 aliphatic heterocycles. The van der Waals surface area contributed by atoms with Crippen LogP contribution in [0.25, 0.3) is 11.1 Å². The van der Waals surface area contributed by atoms with E-state index in [0.717, 1.165) is 47.9 Å². The molecule has 0 unspecified atom stereocenters. The first-order valence-electron chi connectivity index (χ1n) is 10.8. The summed E-state index contributed by atoms with van der Waals surface area (Å²) in [6, 6.07) is 12.3. The molecule has 0 saturated carbocycles. The normalized spacial score (nSPS) is 15.6. The van der Waals surface area contributed by atoms with Crippen molar-refractivity contribution in [3.8, 4) is 11.1 Å². The number of rotatable bonds is 5. The van der Waals surface area contributed by atoms with Crippen LogP contribution in [-0.2, 0) is 6.54 Å². The van der Waals surface area contributed by atoms with Crippen molar-refractivity contribution in [3.05, 3.63) is 79.1 Å². The molecule has 4 heteroatoms. The minimum absolute atomic E-state index is 0.403. The average molecular weight is 403 g/mol. The van der Waals surface area contributed by atoms with Gasteiger partial charge in [-0.15, -0.1) is 0 Å². The molecular formula is C26H30N2O2. The van der Waals surface area contributed by atoms with Crippen molar-refractivity contribution >= 4 is 11.4 Å². The molecule has 0 bridgehead atoms. The van der Waals surface area contributed by atoms with Gasteiger partial charge in [-0.05, 0) is 92.6 Å². The fourth-order valence-electron chi connectivity index (χ4n) is 4.31. The van der Waals surface area contributed by atoms with Gasteiger partial charge in [-0.1, -0.05) is 31.2 Å². The molecule has 3 aromatic rings. The van der Waals surface area contributed by atoms with E-state index in [0.29, 0.717) is 11.3 Å². The van der Waals surface area contributed by atoms with Crippen molar-refractivity contribution in [3.63, 3.8) is 0 Å². The minimum Gasteiger partial charge on any atom is -0.352 e. The van der Waals surface area contributed by atoms with E-state index < -0.39 is 10.9 Å². The number of likely N-dealkylation sites (tertiary alicyclic amines) is 1. The summed E-state index contributed by atoms with van der Waals surface area (Å²) in [6.45, 7) is 11.7. The van der Waals surface area contributed by atoms with Crippen molar-refractivity contribution in [1.82, 2.24) is 4.90 Å². The molecule has 4 nitrogen and oxygen atoms in total. The smallest absolute Gasteiger partial charge is 0.250 e. The van der Waals surface area contributed by atoms with Crippen LogP contribution >= 0.6 is 0 Å². The third kappa shape index (κ3) is 3.97. The number of piperidine rings is 1. The SMILES string of the molecule is Cc1cc(C)c(-c2c(Nc3ccc(CN4CCC(C)CC4)cc3)c(=O)c2=O)cc1C. The molecule has 0 aliphatic carbocycles. The number of benzene rings is 2. The van der Waals surface area contributed by atoms with Crippen LogP contribution in [0.5, 0.6) is 0 Å². The van der Waals surface area contributed by atoms with Gasteiger partial charge >= 0.3 is 0 Å². The molecule has 0 spiro atoms. The van der Waals surface area contributed by atoms with E-state index in [9.17, 15) is 9.59 Å². The fraction of sp³-hybridized carbons (Fsp3) is 0.385. The van der Waals surface area contributed by atoms with Gasteiger partial charge in [0.15, 0.2) is 0 Å². The summed E-state index contributed by atoms with van der Waals surface area (Å²) in [5.74, 6) is 0.832. The van der Waals surface area contributed by atoms with Crippen LogP contribution in [0.1, 0.15) is 42.0 Å². The van der Waals surface area contributed by atoms with Gasteiger partial charge in [-0.25, -0.2) is 0 Å². The maximum absolute atomic E-state index is 12.4. The van der Waals surface area contributed by atoms with Crippen LogP contribution in [-0.4, -0.2) is 18.0 Å². The highest BCUT2D eigenvalue weighted by molar-refractivity contribution is 5.86. The Labute approximate surface area is 178 Å². The van der Waals surface area contributed by atoms with E-state index in [1.165, 1.54) is 24.0 Å². The Morgan fingerprint density at radius 2 is 1.53 bits per heavy atom. The zero-order chi connectivity index (χ0) is 21.4. The van der Waals surface area contributed by atoms with Gasteiger partial charge in [-0.3, -0.25) is 14.5 Å². The minimum atomic E-state index is -0.436. The van der Waals surface area contributed by atoms with Crippen LogP contribution < -0.4 is 16.2 Å². The first-order chi connectivity index (χ1) is 14.3. The van der Waals surface area contributed by atoms with Gasteiger partial charge in [0.2, 0.25) is 5.43 Å². The van der Waals surface area contributed by atoms with Crippen molar-refractivity contribution in [2.75, 3.05) is 18.4 Å². The molecule has 0 amide bonds. The fourth-order valence-corrected chi connectivity index (χ4v) is 4.31. The first kappa shape index (κ1) is 20.5. The number of aryl methyl sites for hydroxylation is 3. The van der Waals surface area contributed by atoms with E-state index in [1.807, 2.05) is 32.0 Å².